The van der Waals surface area contributed by atoms with Gasteiger partial charge in [0.25, 0.3) is 0 Å². The van der Waals surface area contributed by atoms with Crippen LogP contribution < -0.4 is 5.73 Å². The van der Waals surface area contributed by atoms with Gasteiger partial charge in [0.1, 0.15) is 6.26 Å². The number of anilines is 1. The Labute approximate surface area is 57.0 Å². The Hall–Kier alpha value is -1.58. The van der Waals surface area contributed by atoms with Crippen molar-refractivity contribution >= 4 is 5.69 Å². The van der Waals surface area contributed by atoms with Gasteiger partial charge in [-0.15, -0.1) is 0 Å². The summed E-state index contributed by atoms with van der Waals surface area (Å²) in [5.74, 6) is 0.556. The number of nitrogen functional groups attached to an aromatic ring is 1. The summed E-state index contributed by atoms with van der Waals surface area (Å²) in [6.07, 6.45) is 3.04. The van der Waals surface area contributed by atoms with Crippen LogP contribution in [-0.4, -0.2) is 10.1 Å². The fraction of sp³-hybridized carbons (Fsp3) is 0. The second kappa shape index (κ2) is 1.70. The van der Waals surface area contributed by atoms with Crippen LogP contribution in [0.25, 0.3) is 11.4 Å². The molecule has 0 fully saturated rings. The first-order valence-electron chi connectivity index (χ1n) is 2.82. The Morgan fingerprint density at radius 2 is 2.40 bits per heavy atom. The van der Waals surface area contributed by atoms with Gasteiger partial charge in [-0.2, -0.15) is 0 Å². The van der Waals surface area contributed by atoms with Crippen molar-refractivity contribution < 1.29 is 4.52 Å². The molecule has 4 nitrogen and oxygen atoms in total. The predicted octanol–water partition coefficient (Wildman–Crippen LogP) is 0.757. The number of nitrogens with zero attached hydrogens (tertiary/aromatic N) is 2. The van der Waals surface area contributed by atoms with Crippen LogP contribution in [0.4, 0.5) is 5.69 Å². The van der Waals surface area contributed by atoms with Gasteiger partial charge in [0.2, 0.25) is 5.82 Å². The molecule has 50 valence electrons. The number of hydrogen-bond donors (Lipinski definition) is 1. The lowest BCUT2D eigenvalue weighted by atomic mass is 10.3. The van der Waals surface area contributed by atoms with E-state index in [4.69, 9.17) is 5.73 Å². The van der Waals surface area contributed by atoms with E-state index in [2.05, 4.69) is 14.7 Å². The topological polar surface area (TPSA) is 64.9 Å². The van der Waals surface area contributed by atoms with Gasteiger partial charge in [-0.25, -0.2) is 4.98 Å². The molecule has 2 rings (SSSR count). The minimum Gasteiger partial charge on any atom is -0.397 e. The lowest BCUT2D eigenvalue weighted by molar-refractivity contribution is 0.400. The van der Waals surface area contributed by atoms with Crippen LogP contribution >= 0.6 is 0 Å². The highest BCUT2D eigenvalue weighted by atomic mass is 16.4. The van der Waals surface area contributed by atoms with E-state index < -0.39 is 0 Å². The molecular formula is C6H5N3O. The molecule has 2 heterocycles. The second-order valence-corrected chi connectivity index (χ2v) is 1.95. The SMILES string of the molecule is Nc1cnc2noccc1-2. The van der Waals surface area contributed by atoms with Crippen molar-refractivity contribution in [3.05, 3.63) is 18.5 Å². The van der Waals surface area contributed by atoms with E-state index in [1.807, 2.05) is 0 Å². The zero-order valence-corrected chi connectivity index (χ0v) is 5.11. The maximum Gasteiger partial charge on any atom is 0.201 e. The Morgan fingerprint density at radius 3 is 3.20 bits per heavy atom. The van der Waals surface area contributed by atoms with Gasteiger partial charge in [0, 0.05) is 0 Å². The molecule has 0 radical (unpaired) electrons. The molecule has 2 N–H and O–H groups in total. The highest BCUT2D eigenvalue weighted by molar-refractivity contribution is 5.71. The van der Waals surface area contributed by atoms with Crippen LogP contribution in [-0.2, 0) is 0 Å². The summed E-state index contributed by atoms with van der Waals surface area (Å²) in [5, 5.41) is 3.64. The first kappa shape index (κ1) is 5.22. The molecule has 0 atom stereocenters. The number of fused-ring (bicyclic) bond motifs is 1. The third-order valence-corrected chi connectivity index (χ3v) is 1.31. The van der Waals surface area contributed by atoms with Crippen LogP contribution in [0.15, 0.2) is 23.0 Å². The number of aromatic nitrogens is 2. The Kier molecular flexibility index (Phi) is 0.887. The number of nitrogens with two attached hydrogens (primary N) is 1. The van der Waals surface area contributed by atoms with Crippen LogP contribution in [0.5, 0.6) is 0 Å². The Balaban J connectivity index is 2.78. The summed E-state index contributed by atoms with van der Waals surface area (Å²) >= 11 is 0. The first-order valence-corrected chi connectivity index (χ1v) is 2.82. The van der Waals surface area contributed by atoms with Gasteiger partial charge in [0.05, 0.1) is 17.4 Å². The lowest BCUT2D eigenvalue weighted by Crippen LogP contribution is -1.85. The molecule has 2 aliphatic heterocycles. The zero-order valence-electron chi connectivity index (χ0n) is 5.11. The van der Waals surface area contributed by atoms with E-state index in [1.165, 1.54) is 6.26 Å². The van der Waals surface area contributed by atoms with Crippen LogP contribution in [0, 0.1) is 0 Å². The summed E-state index contributed by atoms with van der Waals surface area (Å²) in [5.41, 5.74) is 7.01. The highest BCUT2D eigenvalue weighted by Crippen LogP contribution is 2.23. The van der Waals surface area contributed by atoms with E-state index in [0.29, 0.717) is 11.5 Å². The molecule has 0 aromatic heterocycles. The fourth-order valence-electron chi connectivity index (χ4n) is 0.821. The van der Waals surface area contributed by atoms with Crippen molar-refractivity contribution in [2.45, 2.75) is 0 Å². The molecule has 0 amide bonds. The molecule has 4 heteroatoms. The third kappa shape index (κ3) is 0.556. The van der Waals surface area contributed by atoms with E-state index in [1.54, 1.807) is 12.3 Å². The van der Waals surface area contributed by atoms with E-state index in [9.17, 15) is 0 Å². The maximum absolute atomic E-state index is 5.53. The molecule has 0 unspecified atom stereocenters. The monoisotopic (exact) mass is 135 g/mol. The van der Waals surface area contributed by atoms with Crippen LogP contribution in [0.3, 0.4) is 0 Å². The fourth-order valence-corrected chi connectivity index (χ4v) is 0.821. The Morgan fingerprint density at radius 1 is 1.50 bits per heavy atom. The molecule has 0 aliphatic carbocycles. The van der Waals surface area contributed by atoms with Gasteiger partial charge in [-0.1, -0.05) is 5.16 Å². The molecule has 10 heavy (non-hydrogen) atoms. The van der Waals surface area contributed by atoms with Gasteiger partial charge < -0.3 is 10.3 Å². The normalized spacial score (nSPS) is 10.4. The molecule has 0 spiro atoms. The van der Waals surface area contributed by atoms with E-state index in [-0.39, 0.29) is 0 Å². The summed E-state index contributed by atoms with van der Waals surface area (Å²) in [6, 6.07) is 1.74. The number of rotatable bonds is 0. The van der Waals surface area contributed by atoms with Crippen LogP contribution in [0.1, 0.15) is 0 Å². The average molecular weight is 135 g/mol. The molecule has 0 aromatic rings. The molecule has 2 aliphatic rings. The van der Waals surface area contributed by atoms with Crippen molar-refractivity contribution in [2.24, 2.45) is 0 Å². The van der Waals surface area contributed by atoms with Crippen molar-refractivity contribution in [1.82, 2.24) is 10.1 Å². The molecule has 0 bridgehead atoms. The maximum atomic E-state index is 5.53. The Bertz CT molecular complexity index is 317. The minimum atomic E-state index is 0.556. The average Bonchev–Trinajstić information content (AvgIpc) is 2.34. The lowest BCUT2D eigenvalue weighted by Gasteiger charge is -1.91. The van der Waals surface area contributed by atoms with Crippen molar-refractivity contribution in [1.29, 1.82) is 0 Å². The smallest absolute Gasteiger partial charge is 0.201 e. The minimum absolute atomic E-state index is 0.556. The van der Waals surface area contributed by atoms with Gasteiger partial charge >= 0.3 is 0 Å². The molecule has 0 aromatic carbocycles. The van der Waals surface area contributed by atoms with Gasteiger partial charge in [0.15, 0.2) is 0 Å². The van der Waals surface area contributed by atoms with Gasteiger partial charge in [-0.3, -0.25) is 0 Å². The second-order valence-electron chi connectivity index (χ2n) is 1.95. The molecular weight excluding hydrogens is 130 g/mol. The molecule has 0 saturated heterocycles. The van der Waals surface area contributed by atoms with E-state index in [0.717, 1.165) is 5.56 Å². The summed E-state index contributed by atoms with van der Waals surface area (Å²) in [7, 11) is 0. The largest absolute Gasteiger partial charge is 0.397 e. The first-order chi connectivity index (χ1) is 4.88. The van der Waals surface area contributed by atoms with Gasteiger partial charge in [-0.05, 0) is 6.07 Å². The van der Waals surface area contributed by atoms with Crippen molar-refractivity contribution in [2.75, 3.05) is 5.73 Å². The van der Waals surface area contributed by atoms with E-state index >= 15 is 0 Å². The predicted molar refractivity (Wildman–Crippen MR) is 35.3 cm³/mol. The van der Waals surface area contributed by atoms with Crippen LogP contribution in [0.2, 0.25) is 0 Å². The van der Waals surface area contributed by atoms with Crippen molar-refractivity contribution in [3.8, 4) is 11.4 Å². The number of hydrogen-bond acceptors (Lipinski definition) is 4. The summed E-state index contributed by atoms with van der Waals surface area (Å²) in [4.78, 5) is 3.89. The third-order valence-electron chi connectivity index (χ3n) is 1.31. The quantitative estimate of drug-likeness (QED) is 0.579. The summed E-state index contributed by atoms with van der Waals surface area (Å²) in [6.45, 7) is 0. The summed E-state index contributed by atoms with van der Waals surface area (Å²) < 4.78 is 4.64. The standard InChI is InChI=1S/C6H5N3O/c7-5-3-8-6-4(5)1-2-10-9-6/h1-3H,7H2. The zero-order chi connectivity index (χ0) is 6.97. The highest BCUT2D eigenvalue weighted by Gasteiger charge is 2.08. The molecule has 0 saturated carbocycles. The van der Waals surface area contributed by atoms with Crippen molar-refractivity contribution in [3.63, 3.8) is 0 Å².